The van der Waals surface area contributed by atoms with Crippen LogP contribution in [0.4, 0.5) is 0 Å². The van der Waals surface area contributed by atoms with Gasteiger partial charge in [0, 0.05) is 16.2 Å². The van der Waals surface area contributed by atoms with E-state index in [1.54, 1.807) is 12.1 Å². The zero-order valence-corrected chi connectivity index (χ0v) is 10.8. The minimum absolute atomic E-state index is 0.121. The second-order valence-corrected chi connectivity index (χ2v) is 5.94. The molecule has 1 aromatic rings. The number of carbonyl (C=O) groups is 1. The molecule has 17 heavy (non-hydrogen) atoms. The van der Waals surface area contributed by atoms with Gasteiger partial charge >= 0.3 is 5.97 Å². The van der Waals surface area contributed by atoms with Crippen LogP contribution in [0.25, 0.3) is 0 Å². The van der Waals surface area contributed by atoms with Gasteiger partial charge < -0.3 is 9.47 Å². The standard InChI is InChI=1S/C10H11ClO5S/c1-15-9-5-3-4-7(10(12)16-2)8(9)6-17(11,13)14/h3-5H,6H2,1-2H3. The Balaban J connectivity index is 3.35. The summed E-state index contributed by atoms with van der Waals surface area (Å²) in [6.07, 6.45) is 0. The van der Waals surface area contributed by atoms with Crippen molar-refractivity contribution in [3.8, 4) is 5.75 Å². The first kappa shape index (κ1) is 13.8. The van der Waals surface area contributed by atoms with E-state index in [9.17, 15) is 13.2 Å². The summed E-state index contributed by atoms with van der Waals surface area (Å²) in [5.74, 6) is -0.862. The summed E-state index contributed by atoms with van der Waals surface area (Å²) >= 11 is 0. The molecule has 0 bridgehead atoms. The maximum Gasteiger partial charge on any atom is 0.338 e. The Bertz CT molecular complexity index is 523. The third kappa shape index (κ3) is 3.61. The van der Waals surface area contributed by atoms with Gasteiger partial charge in [0.25, 0.3) is 0 Å². The smallest absolute Gasteiger partial charge is 0.338 e. The third-order valence-corrected chi connectivity index (χ3v) is 3.04. The molecule has 0 saturated heterocycles. The minimum atomic E-state index is -3.79. The number of methoxy groups -OCH3 is 2. The Morgan fingerprint density at radius 1 is 1.35 bits per heavy atom. The van der Waals surface area contributed by atoms with Crippen LogP contribution in [0.2, 0.25) is 0 Å². The Morgan fingerprint density at radius 3 is 2.47 bits per heavy atom. The first-order valence-corrected chi connectivity index (χ1v) is 7.03. The third-order valence-electron chi connectivity index (χ3n) is 2.08. The molecule has 0 aromatic heterocycles. The molecule has 0 radical (unpaired) electrons. The highest BCUT2D eigenvalue weighted by Gasteiger charge is 2.20. The summed E-state index contributed by atoms with van der Waals surface area (Å²) in [7, 11) is 3.98. The monoisotopic (exact) mass is 278 g/mol. The fraction of sp³-hybridized carbons (Fsp3) is 0.300. The predicted octanol–water partition coefficient (Wildman–Crippen LogP) is 1.55. The fourth-order valence-corrected chi connectivity index (χ4v) is 2.35. The predicted molar refractivity (Wildman–Crippen MR) is 62.8 cm³/mol. The summed E-state index contributed by atoms with van der Waals surface area (Å²) in [5.41, 5.74) is 0.313. The molecule has 0 fully saturated rings. The van der Waals surface area contributed by atoms with Crippen molar-refractivity contribution in [1.29, 1.82) is 0 Å². The van der Waals surface area contributed by atoms with Crippen molar-refractivity contribution in [2.45, 2.75) is 5.75 Å². The molecule has 5 nitrogen and oxygen atoms in total. The molecule has 1 aromatic carbocycles. The lowest BCUT2D eigenvalue weighted by Crippen LogP contribution is -2.09. The average molecular weight is 279 g/mol. The second-order valence-electron chi connectivity index (χ2n) is 3.16. The summed E-state index contributed by atoms with van der Waals surface area (Å²) in [6, 6.07) is 4.56. The van der Waals surface area contributed by atoms with Gasteiger partial charge in [0.05, 0.1) is 25.5 Å². The lowest BCUT2D eigenvalue weighted by atomic mass is 10.1. The van der Waals surface area contributed by atoms with Crippen LogP contribution >= 0.6 is 10.7 Å². The average Bonchev–Trinajstić information content (AvgIpc) is 2.26. The Hall–Kier alpha value is -1.27. The summed E-state index contributed by atoms with van der Waals surface area (Å²) in [4.78, 5) is 11.5. The molecule has 0 N–H and O–H groups in total. The number of esters is 1. The topological polar surface area (TPSA) is 69.7 Å². The van der Waals surface area contributed by atoms with E-state index in [-0.39, 0.29) is 16.9 Å². The van der Waals surface area contributed by atoms with E-state index in [1.165, 1.54) is 20.3 Å². The van der Waals surface area contributed by atoms with Gasteiger partial charge in [-0.15, -0.1) is 0 Å². The highest BCUT2D eigenvalue weighted by Crippen LogP contribution is 2.26. The maximum absolute atomic E-state index is 11.5. The van der Waals surface area contributed by atoms with Crippen LogP contribution in [0.5, 0.6) is 5.75 Å². The summed E-state index contributed by atoms with van der Waals surface area (Å²) in [6.45, 7) is 0. The molecule has 0 aliphatic rings. The first-order valence-electron chi connectivity index (χ1n) is 4.55. The number of carbonyl (C=O) groups excluding carboxylic acids is 1. The van der Waals surface area contributed by atoms with Gasteiger partial charge in [0.15, 0.2) is 0 Å². The van der Waals surface area contributed by atoms with Crippen LogP contribution in [-0.2, 0) is 19.5 Å². The molecule has 94 valence electrons. The van der Waals surface area contributed by atoms with Gasteiger partial charge in [-0.1, -0.05) is 6.07 Å². The lowest BCUT2D eigenvalue weighted by Gasteiger charge is -2.11. The molecule has 0 saturated carbocycles. The first-order chi connectivity index (χ1) is 7.89. The van der Waals surface area contributed by atoms with Crippen LogP contribution in [0.3, 0.4) is 0 Å². The second kappa shape index (κ2) is 5.37. The van der Waals surface area contributed by atoms with Crippen molar-refractivity contribution in [2.75, 3.05) is 14.2 Å². The van der Waals surface area contributed by atoms with E-state index < -0.39 is 20.8 Å². The molecule has 7 heteroatoms. The molecule has 1 rings (SSSR count). The summed E-state index contributed by atoms with van der Waals surface area (Å²) in [5, 5.41) is 0. The van der Waals surface area contributed by atoms with E-state index in [2.05, 4.69) is 4.74 Å². The van der Waals surface area contributed by atoms with Crippen LogP contribution in [-0.4, -0.2) is 28.6 Å². The van der Waals surface area contributed by atoms with Crippen molar-refractivity contribution in [1.82, 2.24) is 0 Å². The van der Waals surface area contributed by atoms with Crippen LogP contribution < -0.4 is 4.74 Å². The van der Waals surface area contributed by atoms with Crippen molar-refractivity contribution in [3.63, 3.8) is 0 Å². The van der Waals surface area contributed by atoms with Gasteiger partial charge in [-0.2, -0.15) is 0 Å². The van der Waals surface area contributed by atoms with E-state index >= 15 is 0 Å². The molecule has 0 aliphatic heterocycles. The molecule has 0 amide bonds. The number of rotatable bonds is 4. The molecule has 0 heterocycles. The molecule has 0 atom stereocenters. The minimum Gasteiger partial charge on any atom is -0.496 e. The van der Waals surface area contributed by atoms with E-state index in [0.29, 0.717) is 0 Å². The van der Waals surface area contributed by atoms with Crippen molar-refractivity contribution in [3.05, 3.63) is 29.3 Å². The van der Waals surface area contributed by atoms with Crippen molar-refractivity contribution < 1.29 is 22.7 Å². The number of ether oxygens (including phenoxy) is 2. The van der Waals surface area contributed by atoms with Gasteiger partial charge in [0.1, 0.15) is 5.75 Å². The Labute approximate surface area is 104 Å². The van der Waals surface area contributed by atoms with Crippen LogP contribution in [0.15, 0.2) is 18.2 Å². The Kier molecular flexibility index (Phi) is 4.36. The Morgan fingerprint density at radius 2 is 2.00 bits per heavy atom. The fourth-order valence-electron chi connectivity index (χ4n) is 1.38. The number of benzene rings is 1. The molecule has 0 unspecified atom stereocenters. The van der Waals surface area contributed by atoms with Crippen LogP contribution in [0, 0.1) is 0 Å². The summed E-state index contributed by atoms with van der Waals surface area (Å²) < 4.78 is 31.7. The van der Waals surface area contributed by atoms with E-state index in [4.69, 9.17) is 15.4 Å². The van der Waals surface area contributed by atoms with Crippen molar-refractivity contribution in [2.24, 2.45) is 0 Å². The zero-order valence-electron chi connectivity index (χ0n) is 9.27. The van der Waals surface area contributed by atoms with Crippen LogP contribution in [0.1, 0.15) is 15.9 Å². The van der Waals surface area contributed by atoms with E-state index in [1.807, 2.05) is 0 Å². The van der Waals surface area contributed by atoms with Gasteiger partial charge in [-0.25, -0.2) is 13.2 Å². The molecule has 0 spiro atoms. The lowest BCUT2D eigenvalue weighted by molar-refractivity contribution is 0.0599. The number of halogens is 1. The molecular weight excluding hydrogens is 268 g/mol. The quantitative estimate of drug-likeness (QED) is 0.617. The molecular formula is C10H11ClO5S. The van der Waals surface area contributed by atoms with Gasteiger partial charge in [-0.05, 0) is 12.1 Å². The highest BCUT2D eigenvalue weighted by molar-refractivity contribution is 8.13. The molecule has 0 aliphatic carbocycles. The van der Waals surface area contributed by atoms with Gasteiger partial charge in [-0.3, -0.25) is 0 Å². The SMILES string of the molecule is COC(=O)c1cccc(OC)c1CS(=O)(=O)Cl. The van der Waals surface area contributed by atoms with E-state index in [0.717, 1.165) is 0 Å². The maximum atomic E-state index is 11.5. The normalized spacial score (nSPS) is 11.0. The number of hydrogen-bond donors (Lipinski definition) is 0. The number of hydrogen-bond acceptors (Lipinski definition) is 5. The largest absolute Gasteiger partial charge is 0.496 e. The van der Waals surface area contributed by atoms with Gasteiger partial charge in [0.2, 0.25) is 9.05 Å². The zero-order chi connectivity index (χ0) is 13.1. The van der Waals surface area contributed by atoms with Crippen molar-refractivity contribution >= 4 is 25.7 Å². The highest BCUT2D eigenvalue weighted by atomic mass is 35.7.